The Labute approximate surface area is 121 Å². The van der Waals surface area contributed by atoms with E-state index in [0.717, 1.165) is 17.7 Å². The van der Waals surface area contributed by atoms with E-state index in [1.165, 1.54) is 6.07 Å². The zero-order valence-corrected chi connectivity index (χ0v) is 11.9. The number of hydrogen-bond acceptors (Lipinski definition) is 3. The highest BCUT2D eigenvalue weighted by atomic mass is 19.1. The lowest BCUT2D eigenvalue weighted by molar-refractivity contribution is -0.387. The number of hydrogen-bond donors (Lipinski definition) is 1. The second-order valence-corrected chi connectivity index (χ2v) is 5.35. The molecule has 0 spiro atoms. The highest BCUT2D eigenvalue weighted by Crippen LogP contribution is 2.22. The summed E-state index contributed by atoms with van der Waals surface area (Å²) in [5.41, 5.74) is 0.897. The highest BCUT2D eigenvalue weighted by molar-refractivity contribution is 5.35. The molecular weight excluding hydrogens is 275 g/mol. The van der Waals surface area contributed by atoms with Crippen LogP contribution in [0.3, 0.4) is 0 Å². The number of benzene rings is 1. The van der Waals surface area contributed by atoms with Crippen molar-refractivity contribution >= 4 is 5.69 Å². The summed E-state index contributed by atoms with van der Waals surface area (Å²) in [6.07, 6.45) is 3.05. The predicted molar refractivity (Wildman–Crippen MR) is 76.4 cm³/mol. The van der Waals surface area contributed by atoms with Gasteiger partial charge in [0.15, 0.2) is 0 Å². The first-order valence-corrected chi connectivity index (χ1v) is 6.65. The summed E-state index contributed by atoms with van der Waals surface area (Å²) in [4.78, 5) is 9.82. The van der Waals surface area contributed by atoms with Gasteiger partial charge in [-0.25, -0.2) is 0 Å². The fourth-order valence-corrected chi connectivity index (χ4v) is 2.13. The molecule has 0 bridgehead atoms. The Hall–Kier alpha value is -2.21. The Morgan fingerprint density at radius 2 is 2.10 bits per heavy atom. The number of aliphatic hydroxyl groups is 1. The molecule has 21 heavy (non-hydrogen) atoms. The van der Waals surface area contributed by atoms with Gasteiger partial charge >= 0.3 is 5.69 Å². The van der Waals surface area contributed by atoms with Crippen molar-refractivity contribution in [3.8, 4) is 0 Å². The summed E-state index contributed by atoms with van der Waals surface area (Å²) in [7, 11) is 0. The number of aromatic nitrogens is 1. The smallest absolute Gasteiger partial charge is 0.304 e. The molecule has 5 nitrogen and oxygen atoms in total. The van der Waals surface area contributed by atoms with Gasteiger partial charge in [0, 0.05) is 25.0 Å². The van der Waals surface area contributed by atoms with Crippen LogP contribution in [0.5, 0.6) is 0 Å². The van der Waals surface area contributed by atoms with Crippen LogP contribution in [-0.4, -0.2) is 14.6 Å². The van der Waals surface area contributed by atoms with Crippen molar-refractivity contribution in [3.05, 3.63) is 63.7 Å². The molecule has 0 saturated heterocycles. The Balaban J connectivity index is 2.15. The number of nitrogens with zero attached hydrogens (tertiary/aromatic N) is 2. The van der Waals surface area contributed by atoms with Gasteiger partial charge in [-0.05, 0) is 29.2 Å². The fourth-order valence-electron chi connectivity index (χ4n) is 2.13. The van der Waals surface area contributed by atoms with Crippen molar-refractivity contribution in [1.29, 1.82) is 0 Å². The molecule has 0 amide bonds. The maximum atomic E-state index is 13.6. The molecule has 1 atom stereocenters. The van der Waals surface area contributed by atoms with Gasteiger partial charge in [-0.1, -0.05) is 19.9 Å². The van der Waals surface area contributed by atoms with E-state index >= 15 is 0 Å². The summed E-state index contributed by atoms with van der Waals surface area (Å²) < 4.78 is 15.4. The van der Waals surface area contributed by atoms with Crippen molar-refractivity contribution in [2.75, 3.05) is 0 Å². The molecule has 0 aliphatic carbocycles. The minimum absolute atomic E-state index is 0.109. The topological polar surface area (TPSA) is 68.3 Å². The van der Waals surface area contributed by atoms with E-state index in [9.17, 15) is 19.6 Å². The molecule has 0 radical (unpaired) electrons. The van der Waals surface area contributed by atoms with Crippen LogP contribution in [0.1, 0.15) is 31.1 Å². The molecule has 1 aromatic heterocycles. The average molecular weight is 292 g/mol. The van der Waals surface area contributed by atoms with Gasteiger partial charge in [0.1, 0.15) is 0 Å². The quantitative estimate of drug-likeness (QED) is 0.679. The highest BCUT2D eigenvalue weighted by Gasteiger charge is 2.15. The molecule has 6 heteroatoms. The molecule has 1 heterocycles. The van der Waals surface area contributed by atoms with Crippen LogP contribution in [0.15, 0.2) is 36.7 Å². The summed E-state index contributed by atoms with van der Waals surface area (Å²) in [5.74, 6) is -0.732. The minimum atomic E-state index is -0.841. The second kappa shape index (κ2) is 6.05. The molecule has 1 aromatic carbocycles. The molecule has 1 unspecified atom stereocenters. The van der Waals surface area contributed by atoms with Crippen LogP contribution in [0.4, 0.5) is 10.1 Å². The van der Waals surface area contributed by atoms with Gasteiger partial charge in [-0.2, -0.15) is 4.39 Å². The third-order valence-electron chi connectivity index (χ3n) is 3.32. The Kier molecular flexibility index (Phi) is 4.37. The van der Waals surface area contributed by atoms with Crippen LogP contribution >= 0.6 is 0 Å². The average Bonchev–Trinajstić information content (AvgIpc) is 2.85. The van der Waals surface area contributed by atoms with Crippen molar-refractivity contribution < 1.29 is 14.4 Å². The predicted octanol–water partition coefficient (Wildman–Crippen LogP) is 3.27. The lowest BCUT2D eigenvalue weighted by Crippen LogP contribution is -2.04. The molecule has 0 fully saturated rings. The molecule has 0 saturated carbocycles. The van der Waals surface area contributed by atoms with Gasteiger partial charge in [0.25, 0.3) is 0 Å². The second-order valence-electron chi connectivity index (χ2n) is 5.35. The van der Waals surface area contributed by atoms with Crippen molar-refractivity contribution in [1.82, 2.24) is 4.57 Å². The fraction of sp³-hybridized carbons (Fsp3) is 0.333. The SMILES string of the molecule is CC(C)C(O)c1ccn(Cc2ccc([N+](=O)[O-])c(F)c2)c1. The standard InChI is InChI=1S/C15H17FN2O3/c1-10(2)15(19)12-5-6-17(9-12)8-11-3-4-14(18(20)21)13(16)7-11/h3-7,9-10,15,19H,8H2,1-2H3. The van der Waals surface area contributed by atoms with Crippen LogP contribution in [0.25, 0.3) is 0 Å². The molecule has 0 aliphatic rings. The molecule has 2 rings (SSSR count). The summed E-state index contributed by atoms with van der Waals surface area (Å²) in [6.45, 7) is 4.24. The summed E-state index contributed by atoms with van der Waals surface area (Å²) in [5, 5.41) is 20.5. The lowest BCUT2D eigenvalue weighted by Gasteiger charge is -2.12. The molecule has 1 N–H and O–H groups in total. The van der Waals surface area contributed by atoms with E-state index < -0.39 is 22.5 Å². The van der Waals surface area contributed by atoms with Crippen molar-refractivity contribution in [2.45, 2.75) is 26.5 Å². The first kappa shape index (κ1) is 15.2. The third kappa shape index (κ3) is 3.46. The van der Waals surface area contributed by atoms with E-state index in [1.807, 2.05) is 24.5 Å². The summed E-state index contributed by atoms with van der Waals surface area (Å²) >= 11 is 0. The van der Waals surface area contributed by atoms with E-state index in [4.69, 9.17) is 0 Å². The molecule has 0 aliphatic heterocycles. The van der Waals surface area contributed by atoms with Crippen LogP contribution < -0.4 is 0 Å². The Morgan fingerprint density at radius 3 is 2.67 bits per heavy atom. The normalized spacial score (nSPS) is 12.6. The first-order chi connectivity index (χ1) is 9.88. The van der Waals surface area contributed by atoms with Gasteiger partial charge < -0.3 is 9.67 Å². The van der Waals surface area contributed by atoms with Crippen LogP contribution in [0.2, 0.25) is 0 Å². The maximum Gasteiger partial charge on any atom is 0.304 e. The van der Waals surface area contributed by atoms with Crippen LogP contribution in [0, 0.1) is 21.8 Å². The van der Waals surface area contributed by atoms with E-state index in [1.54, 1.807) is 12.4 Å². The van der Waals surface area contributed by atoms with Gasteiger partial charge in [0.2, 0.25) is 5.82 Å². The van der Waals surface area contributed by atoms with Gasteiger partial charge in [-0.3, -0.25) is 10.1 Å². The zero-order valence-electron chi connectivity index (χ0n) is 11.9. The maximum absolute atomic E-state index is 13.6. The zero-order chi connectivity index (χ0) is 15.6. The van der Waals surface area contributed by atoms with E-state index in [0.29, 0.717) is 12.1 Å². The Morgan fingerprint density at radius 1 is 1.38 bits per heavy atom. The lowest BCUT2D eigenvalue weighted by atomic mass is 10.0. The van der Waals surface area contributed by atoms with Crippen molar-refractivity contribution in [3.63, 3.8) is 0 Å². The molecule has 2 aromatic rings. The van der Waals surface area contributed by atoms with Crippen LogP contribution in [-0.2, 0) is 6.54 Å². The summed E-state index contributed by atoms with van der Waals surface area (Å²) in [6, 6.07) is 5.67. The number of rotatable bonds is 5. The van der Waals surface area contributed by atoms with Gasteiger partial charge in [0.05, 0.1) is 11.0 Å². The number of halogens is 1. The molecular formula is C15H17FN2O3. The number of nitro groups is 1. The third-order valence-corrected chi connectivity index (χ3v) is 3.32. The first-order valence-electron chi connectivity index (χ1n) is 6.65. The number of nitro benzene ring substituents is 1. The van der Waals surface area contributed by atoms with Gasteiger partial charge in [-0.15, -0.1) is 0 Å². The Bertz CT molecular complexity index is 652. The monoisotopic (exact) mass is 292 g/mol. The molecule has 112 valence electrons. The van der Waals surface area contributed by atoms with Crippen molar-refractivity contribution in [2.24, 2.45) is 5.92 Å². The largest absolute Gasteiger partial charge is 0.388 e. The van der Waals surface area contributed by atoms with E-state index in [2.05, 4.69) is 0 Å². The minimum Gasteiger partial charge on any atom is -0.388 e. The number of aliphatic hydroxyl groups excluding tert-OH is 1. The van der Waals surface area contributed by atoms with E-state index in [-0.39, 0.29) is 5.92 Å².